The zero-order valence-electron chi connectivity index (χ0n) is 32.3. The first-order valence-electron chi connectivity index (χ1n) is 20.1. The van der Waals surface area contributed by atoms with Gasteiger partial charge in [-0.3, -0.25) is 0 Å². The van der Waals surface area contributed by atoms with Crippen LogP contribution in [0.5, 0.6) is 0 Å². The molecule has 1 heterocycles. The Labute approximate surface area is 335 Å². The molecule has 7 aromatic carbocycles. The van der Waals surface area contributed by atoms with Crippen molar-refractivity contribution >= 4 is 49.7 Å². The summed E-state index contributed by atoms with van der Waals surface area (Å²) in [5.74, 6) is 0. The van der Waals surface area contributed by atoms with Gasteiger partial charge in [-0.1, -0.05) is 195 Å². The van der Waals surface area contributed by atoms with Crippen molar-refractivity contribution < 1.29 is 4.42 Å². The molecule has 1 aliphatic rings. The minimum Gasteiger partial charge on any atom is -0.454 e. The van der Waals surface area contributed by atoms with Crippen LogP contribution in [0.3, 0.4) is 0 Å². The highest BCUT2D eigenvalue weighted by atomic mass is 16.3. The monoisotopic (exact) mass is 735 g/mol. The zero-order chi connectivity index (χ0) is 38.4. The minimum absolute atomic E-state index is 0.857. The normalized spacial score (nSPS) is 13.3. The molecule has 0 saturated carbocycles. The van der Waals surface area contributed by atoms with E-state index in [1.807, 2.05) is 0 Å². The van der Waals surface area contributed by atoms with Crippen LogP contribution in [0.4, 0.5) is 11.4 Å². The van der Waals surface area contributed by atoms with Gasteiger partial charge in [0.2, 0.25) is 0 Å². The highest BCUT2D eigenvalue weighted by Gasteiger charge is 2.22. The van der Waals surface area contributed by atoms with Crippen molar-refractivity contribution in [2.24, 2.45) is 0 Å². The first-order chi connectivity index (χ1) is 28.2. The topological polar surface area (TPSA) is 16.4 Å². The molecule has 57 heavy (non-hydrogen) atoms. The van der Waals surface area contributed by atoms with Gasteiger partial charge in [-0.15, -0.1) is 0 Å². The van der Waals surface area contributed by atoms with E-state index in [-0.39, 0.29) is 0 Å². The summed E-state index contributed by atoms with van der Waals surface area (Å²) in [5.41, 5.74) is 13.7. The Balaban J connectivity index is 1.13. The summed E-state index contributed by atoms with van der Waals surface area (Å²) in [6.45, 7) is 2.24. The van der Waals surface area contributed by atoms with Crippen molar-refractivity contribution in [2.45, 2.75) is 32.6 Å². The molecule has 0 saturated heterocycles. The van der Waals surface area contributed by atoms with Crippen LogP contribution in [-0.4, -0.2) is 0 Å². The van der Waals surface area contributed by atoms with Crippen molar-refractivity contribution in [2.75, 3.05) is 4.90 Å². The summed E-state index contributed by atoms with van der Waals surface area (Å²) in [7, 11) is 0. The summed E-state index contributed by atoms with van der Waals surface area (Å²) < 4.78 is 6.83. The number of hydrogen-bond donors (Lipinski definition) is 0. The summed E-state index contributed by atoms with van der Waals surface area (Å²) in [6, 6.07) is 58.5. The fourth-order valence-electron chi connectivity index (χ4n) is 7.94. The lowest BCUT2D eigenvalue weighted by Crippen LogP contribution is -2.16. The molecule has 1 aliphatic carbocycles. The van der Waals surface area contributed by atoms with Crippen molar-refractivity contribution in [1.29, 1.82) is 0 Å². The number of nitrogens with zero attached hydrogens (tertiary/aromatic N) is 1. The Morgan fingerprint density at radius 1 is 0.632 bits per heavy atom. The zero-order valence-corrected chi connectivity index (χ0v) is 32.3. The third-order valence-electron chi connectivity index (χ3n) is 10.9. The molecule has 0 fully saturated rings. The van der Waals surface area contributed by atoms with Gasteiger partial charge in [0.1, 0.15) is 5.58 Å². The van der Waals surface area contributed by atoms with Gasteiger partial charge < -0.3 is 9.32 Å². The molecule has 0 atom stereocenters. The van der Waals surface area contributed by atoms with E-state index in [1.54, 1.807) is 0 Å². The van der Waals surface area contributed by atoms with E-state index in [2.05, 4.69) is 218 Å². The first kappa shape index (κ1) is 35.8. The Hall–Kier alpha value is -6.90. The van der Waals surface area contributed by atoms with Gasteiger partial charge in [0.15, 0.2) is 5.58 Å². The smallest absolute Gasteiger partial charge is 0.160 e. The molecule has 0 N–H and O–H groups in total. The van der Waals surface area contributed by atoms with Gasteiger partial charge in [0, 0.05) is 22.2 Å². The molecule has 0 aliphatic heterocycles. The number of fused-ring (bicyclic) bond motifs is 5. The largest absolute Gasteiger partial charge is 0.454 e. The fraction of sp³-hybridized carbons (Fsp3) is 0.0909. The lowest BCUT2D eigenvalue weighted by molar-refractivity contribution is 0.669. The SMILES string of the molecule is CCC/C=C(\C=C/CC1=CC=C(c2ccccc2)C=CC1)N(c1ccc(-c2ccc(-c3ccccc3)cc2)cc1)c1cc2ccccc2c2c1oc1ccccc12. The quantitative estimate of drug-likeness (QED) is 0.123. The second kappa shape index (κ2) is 16.5. The van der Waals surface area contributed by atoms with Gasteiger partial charge in [-0.25, -0.2) is 0 Å². The number of rotatable bonds is 11. The number of unbranched alkanes of at least 4 members (excludes halogenated alkanes) is 1. The van der Waals surface area contributed by atoms with Gasteiger partial charge in [0.05, 0.1) is 5.69 Å². The van der Waals surface area contributed by atoms with Crippen molar-refractivity contribution in [3.05, 3.63) is 223 Å². The molecular weight excluding hydrogens is 691 g/mol. The van der Waals surface area contributed by atoms with Crippen LogP contribution in [0.1, 0.15) is 38.2 Å². The molecule has 0 radical (unpaired) electrons. The molecule has 276 valence electrons. The molecule has 0 spiro atoms. The van der Waals surface area contributed by atoms with Crippen LogP contribution >= 0.6 is 0 Å². The molecule has 0 bridgehead atoms. The number of benzene rings is 7. The van der Waals surface area contributed by atoms with E-state index in [0.717, 1.165) is 64.7 Å². The predicted molar refractivity (Wildman–Crippen MR) is 244 cm³/mol. The molecule has 9 rings (SSSR count). The van der Waals surface area contributed by atoms with E-state index < -0.39 is 0 Å². The van der Waals surface area contributed by atoms with Gasteiger partial charge in [-0.05, 0) is 93.8 Å². The van der Waals surface area contributed by atoms with Crippen LogP contribution in [0.2, 0.25) is 0 Å². The summed E-state index contributed by atoms with van der Waals surface area (Å²) in [4.78, 5) is 2.40. The number of furan rings is 1. The van der Waals surface area contributed by atoms with E-state index in [4.69, 9.17) is 4.42 Å². The summed E-state index contributed by atoms with van der Waals surface area (Å²) in [6.07, 6.45) is 19.9. The molecule has 2 nitrogen and oxygen atoms in total. The van der Waals surface area contributed by atoms with Crippen molar-refractivity contribution in [3.63, 3.8) is 0 Å². The summed E-state index contributed by atoms with van der Waals surface area (Å²) in [5, 5.41) is 4.66. The van der Waals surface area contributed by atoms with E-state index in [9.17, 15) is 0 Å². The van der Waals surface area contributed by atoms with Gasteiger partial charge >= 0.3 is 0 Å². The minimum atomic E-state index is 0.857. The maximum Gasteiger partial charge on any atom is 0.160 e. The number of hydrogen-bond acceptors (Lipinski definition) is 2. The fourth-order valence-corrected chi connectivity index (χ4v) is 7.94. The van der Waals surface area contributed by atoms with Crippen LogP contribution in [-0.2, 0) is 0 Å². The van der Waals surface area contributed by atoms with Crippen molar-refractivity contribution in [3.8, 4) is 22.3 Å². The van der Waals surface area contributed by atoms with Gasteiger partial charge in [-0.2, -0.15) is 0 Å². The average molecular weight is 736 g/mol. The number of para-hydroxylation sites is 1. The Kier molecular flexibility index (Phi) is 10.3. The van der Waals surface area contributed by atoms with Crippen LogP contribution < -0.4 is 4.90 Å². The highest BCUT2D eigenvalue weighted by molar-refractivity contribution is 6.22. The summed E-state index contributed by atoms with van der Waals surface area (Å²) >= 11 is 0. The van der Waals surface area contributed by atoms with Crippen LogP contribution in [0, 0.1) is 0 Å². The highest BCUT2D eigenvalue weighted by Crippen LogP contribution is 2.44. The molecule has 0 unspecified atom stereocenters. The molecular formula is C55H45NO. The molecule has 8 aromatic rings. The van der Waals surface area contributed by atoms with Crippen LogP contribution in [0.15, 0.2) is 222 Å². The van der Waals surface area contributed by atoms with Gasteiger partial charge in [0.25, 0.3) is 0 Å². The first-order valence-corrected chi connectivity index (χ1v) is 20.1. The molecule has 2 heteroatoms. The second-order valence-corrected chi connectivity index (χ2v) is 14.7. The number of allylic oxidation sites excluding steroid dienone is 9. The maximum absolute atomic E-state index is 6.83. The van der Waals surface area contributed by atoms with E-state index >= 15 is 0 Å². The lowest BCUT2D eigenvalue weighted by atomic mass is 9.99. The Morgan fingerprint density at radius 3 is 1.96 bits per heavy atom. The third-order valence-corrected chi connectivity index (χ3v) is 10.9. The lowest BCUT2D eigenvalue weighted by Gasteiger charge is -2.27. The maximum atomic E-state index is 6.83. The molecule has 1 aromatic heterocycles. The molecule has 0 amide bonds. The van der Waals surface area contributed by atoms with E-state index in [0.29, 0.717) is 0 Å². The standard InChI is InChI=1S/C55H45NO/c1-2-3-24-48(25-15-17-40-16-14-23-43(30-29-40)41-18-6-4-7-19-41)56(49-37-35-46(36-38-49)45-33-31-44(32-34-45)42-20-8-5-9-21-42)52-39-47-22-10-11-26-50(47)54-51-27-12-13-28-53(51)57-55(52)54/h4-15,18-39H,2-3,16-17H2,1H3/b25-15-,48-24+. The Bertz CT molecular complexity index is 2810. The average Bonchev–Trinajstić information content (AvgIpc) is 3.51. The van der Waals surface area contributed by atoms with E-state index in [1.165, 1.54) is 49.7 Å². The van der Waals surface area contributed by atoms with Crippen molar-refractivity contribution in [1.82, 2.24) is 0 Å². The second-order valence-electron chi connectivity index (χ2n) is 14.7. The van der Waals surface area contributed by atoms with Crippen LogP contribution in [0.25, 0.3) is 60.5 Å². The number of anilines is 2. The Morgan fingerprint density at radius 2 is 1.25 bits per heavy atom. The third kappa shape index (κ3) is 7.55. The predicted octanol–water partition coefficient (Wildman–Crippen LogP) is 15.8.